The Bertz CT molecular complexity index is 627. The van der Waals surface area contributed by atoms with E-state index in [0.717, 1.165) is 15.7 Å². The van der Waals surface area contributed by atoms with Crippen LogP contribution in [0.25, 0.3) is 4.85 Å². The summed E-state index contributed by atoms with van der Waals surface area (Å²) in [4.78, 5) is 15.1. The maximum absolute atomic E-state index is 11.8. The van der Waals surface area contributed by atoms with Gasteiger partial charge >= 0.3 is 0 Å². The summed E-state index contributed by atoms with van der Waals surface area (Å²) in [6, 6.07) is 14.8. The molecule has 0 aliphatic rings. The molecule has 0 bridgehead atoms. The third-order valence-corrected chi connectivity index (χ3v) is 3.36. The molecule has 2 rings (SSSR count). The van der Waals surface area contributed by atoms with Gasteiger partial charge in [-0.1, -0.05) is 40.2 Å². The molecular formula is C16H13BrN2O. The van der Waals surface area contributed by atoms with Crippen molar-refractivity contribution >= 4 is 33.2 Å². The third kappa shape index (κ3) is 4.22. The highest BCUT2D eigenvalue weighted by Gasteiger charge is 2.03. The van der Waals surface area contributed by atoms with Gasteiger partial charge in [-0.3, -0.25) is 4.79 Å². The van der Waals surface area contributed by atoms with Crippen molar-refractivity contribution in [2.24, 2.45) is 0 Å². The van der Waals surface area contributed by atoms with Gasteiger partial charge in [-0.2, -0.15) is 0 Å². The van der Waals surface area contributed by atoms with Crippen LogP contribution >= 0.6 is 15.9 Å². The second-order valence-corrected chi connectivity index (χ2v) is 5.25. The highest BCUT2D eigenvalue weighted by atomic mass is 79.9. The van der Waals surface area contributed by atoms with Crippen molar-refractivity contribution < 1.29 is 4.79 Å². The van der Waals surface area contributed by atoms with Gasteiger partial charge in [0.2, 0.25) is 5.91 Å². The fourth-order valence-electron chi connectivity index (χ4n) is 1.75. The van der Waals surface area contributed by atoms with E-state index in [1.54, 1.807) is 24.3 Å². The Labute approximate surface area is 126 Å². The van der Waals surface area contributed by atoms with Crippen LogP contribution in [-0.4, -0.2) is 5.91 Å². The number of hydrogen-bond acceptors (Lipinski definition) is 1. The lowest BCUT2D eigenvalue weighted by Gasteiger charge is -2.05. The lowest BCUT2D eigenvalue weighted by Crippen LogP contribution is -2.12. The van der Waals surface area contributed by atoms with Crippen molar-refractivity contribution in [3.8, 4) is 0 Å². The largest absolute Gasteiger partial charge is 0.326 e. The van der Waals surface area contributed by atoms with Crippen molar-refractivity contribution in [3.05, 3.63) is 70.0 Å². The summed E-state index contributed by atoms with van der Waals surface area (Å²) >= 11 is 3.38. The molecule has 0 fully saturated rings. The number of nitrogens with one attached hydrogen (secondary N) is 1. The maximum Gasteiger partial charge on any atom is 0.224 e. The maximum atomic E-state index is 11.8. The van der Waals surface area contributed by atoms with Crippen LogP contribution in [0.15, 0.2) is 53.0 Å². The Hall–Kier alpha value is -2.12. The standard InChI is InChI=1S/C16H13BrN2O/c1-18-14-7-9-15(10-8-14)19-16(20)11-4-12-2-5-13(17)6-3-12/h2-3,5-10H,4,11H2,(H,19,20). The molecule has 4 heteroatoms. The number of carbonyl (C=O) groups excluding carboxylic acids is 1. The number of carbonyl (C=O) groups is 1. The number of halogens is 1. The van der Waals surface area contributed by atoms with Gasteiger partial charge < -0.3 is 5.32 Å². The molecule has 0 heterocycles. The Morgan fingerprint density at radius 1 is 1.10 bits per heavy atom. The van der Waals surface area contributed by atoms with E-state index in [1.165, 1.54) is 0 Å². The van der Waals surface area contributed by atoms with Crippen molar-refractivity contribution in [1.82, 2.24) is 0 Å². The van der Waals surface area contributed by atoms with Crippen LogP contribution in [0.4, 0.5) is 11.4 Å². The minimum Gasteiger partial charge on any atom is -0.326 e. The highest BCUT2D eigenvalue weighted by Crippen LogP contribution is 2.16. The first-order chi connectivity index (χ1) is 9.67. The predicted octanol–water partition coefficient (Wildman–Crippen LogP) is 4.57. The third-order valence-electron chi connectivity index (χ3n) is 2.83. The second-order valence-electron chi connectivity index (χ2n) is 4.33. The van der Waals surface area contributed by atoms with E-state index in [-0.39, 0.29) is 5.91 Å². The molecule has 0 unspecified atom stereocenters. The summed E-state index contributed by atoms with van der Waals surface area (Å²) in [6.07, 6.45) is 1.14. The van der Waals surface area contributed by atoms with E-state index in [4.69, 9.17) is 6.57 Å². The van der Waals surface area contributed by atoms with Crippen molar-refractivity contribution in [1.29, 1.82) is 0 Å². The van der Waals surface area contributed by atoms with E-state index in [1.807, 2.05) is 24.3 Å². The predicted molar refractivity (Wildman–Crippen MR) is 83.8 cm³/mol. The Morgan fingerprint density at radius 2 is 1.75 bits per heavy atom. The normalized spacial score (nSPS) is 9.80. The molecular weight excluding hydrogens is 316 g/mol. The van der Waals surface area contributed by atoms with Gasteiger partial charge in [0, 0.05) is 16.6 Å². The topological polar surface area (TPSA) is 33.5 Å². The second kappa shape index (κ2) is 6.88. The molecule has 0 saturated carbocycles. The Kier molecular flexibility index (Phi) is 4.91. The first-order valence-corrected chi connectivity index (χ1v) is 6.98. The zero-order chi connectivity index (χ0) is 14.4. The molecule has 0 spiro atoms. The first-order valence-electron chi connectivity index (χ1n) is 6.19. The summed E-state index contributed by atoms with van der Waals surface area (Å²) in [7, 11) is 0. The molecule has 20 heavy (non-hydrogen) atoms. The van der Waals surface area contributed by atoms with Gasteiger partial charge in [-0.15, -0.1) is 0 Å². The Morgan fingerprint density at radius 3 is 2.35 bits per heavy atom. The average molecular weight is 329 g/mol. The number of nitrogens with zero attached hydrogens (tertiary/aromatic N) is 1. The molecule has 0 aromatic heterocycles. The molecule has 0 aliphatic carbocycles. The molecule has 0 radical (unpaired) electrons. The number of hydrogen-bond donors (Lipinski definition) is 1. The molecule has 100 valence electrons. The number of amides is 1. The van der Waals surface area contributed by atoms with Crippen molar-refractivity contribution in [2.75, 3.05) is 5.32 Å². The zero-order valence-corrected chi connectivity index (χ0v) is 12.4. The summed E-state index contributed by atoms with van der Waals surface area (Å²) in [5.41, 5.74) is 2.42. The minimum atomic E-state index is -0.0246. The van der Waals surface area contributed by atoms with Gasteiger partial charge in [-0.25, -0.2) is 4.85 Å². The molecule has 0 atom stereocenters. The summed E-state index contributed by atoms with van der Waals surface area (Å²) in [5.74, 6) is -0.0246. The van der Waals surface area contributed by atoms with Crippen molar-refractivity contribution in [3.63, 3.8) is 0 Å². The summed E-state index contributed by atoms with van der Waals surface area (Å²) in [5, 5.41) is 2.82. The molecule has 0 saturated heterocycles. The highest BCUT2D eigenvalue weighted by molar-refractivity contribution is 9.10. The molecule has 3 nitrogen and oxygen atoms in total. The fraction of sp³-hybridized carbons (Fsp3) is 0.125. The molecule has 2 aromatic rings. The molecule has 0 aliphatic heterocycles. The SMILES string of the molecule is [C-]#[N+]c1ccc(NC(=O)CCc2ccc(Br)cc2)cc1. The van der Waals surface area contributed by atoms with Crippen LogP contribution in [0.2, 0.25) is 0 Å². The van der Waals surface area contributed by atoms with E-state index in [0.29, 0.717) is 18.5 Å². The van der Waals surface area contributed by atoms with E-state index < -0.39 is 0 Å². The minimum absolute atomic E-state index is 0.0246. The van der Waals surface area contributed by atoms with Crippen LogP contribution in [0.5, 0.6) is 0 Å². The van der Waals surface area contributed by atoms with Gasteiger partial charge in [0.1, 0.15) is 0 Å². The monoisotopic (exact) mass is 328 g/mol. The van der Waals surface area contributed by atoms with Crippen LogP contribution in [0.3, 0.4) is 0 Å². The first kappa shape index (κ1) is 14.3. The van der Waals surface area contributed by atoms with E-state index >= 15 is 0 Å². The quantitative estimate of drug-likeness (QED) is 0.819. The number of anilines is 1. The van der Waals surface area contributed by atoms with Gasteiger partial charge in [0.05, 0.1) is 6.57 Å². The average Bonchev–Trinajstić information content (AvgIpc) is 2.47. The van der Waals surface area contributed by atoms with Crippen LogP contribution < -0.4 is 5.32 Å². The smallest absolute Gasteiger partial charge is 0.224 e. The zero-order valence-electron chi connectivity index (χ0n) is 10.8. The molecule has 1 amide bonds. The number of aryl methyl sites for hydroxylation is 1. The number of rotatable bonds is 4. The lowest BCUT2D eigenvalue weighted by molar-refractivity contribution is -0.116. The van der Waals surface area contributed by atoms with Crippen LogP contribution in [0, 0.1) is 6.57 Å². The summed E-state index contributed by atoms with van der Waals surface area (Å²) < 4.78 is 1.03. The van der Waals surface area contributed by atoms with E-state index in [9.17, 15) is 4.79 Å². The lowest BCUT2D eigenvalue weighted by atomic mass is 10.1. The van der Waals surface area contributed by atoms with Gasteiger partial charge in [-0.05, 0) is 36.2 Å². The van der Waals surface area contributed by atoms with Gasteiger partial charge in [0.15, 0.2) is 5.69 Å². The van der Waals surface area contributed by atoms with Crippen LogP contribution in [-0.2, 0) is 11.2 Å². The Balaban J connectivity index is 1.86. The van der Waals surface area contributed by atoms with Crippen LogP contribution in [0.1, 0.15) is 12.0 Å². The summed E-state index contributed by atoms with van der Waals surface area (Å²) in [6.45, 7) is 6.87. The molecule has 1 N–H and O–H groups in total. The number of benzene rings is 2. The molecule has 2 aromatic carbocycles. The van der Waals surface area contributed by atoms with Crippen molar-refractivity contribution in [2.45, 2.75) is 12.8 Å². The fourth-order valence-corrected chi connectivity index (χ4v) is 2.02. The van der Waals surface area contributed by atoms with E-state index in [2.05, 4.69) is 26.1 Å². The van der Waals surface area contributed by atoms with Gasteiger partial charge in [0.25, 0.3) is 0 Å².